The standard InChI is InChI=1S/C21H22FNO3S/c22-16-9-7-15(8-10-16)21(12-3-4-13-21)20(24)23-18-11-14-27(25,26)19-6-2-1-5-17(18)19/h1-2,5-10,18H,3-4,11-14H2,(H,23,24). The van der Waals surface area contributed by atoms with Crippen LogP contribution in [0.15, 0.2) is 53.4 Å². The molecule has 4 nitrogen and oxygen atoms in total. The molecule has 0 radical (unpaired) electrons. The topological polar surface area (TPSA) is 63.2 Å². The van der Waals surface area contributed by atoms with Gasteiger partial charge in [0.1, 0.15) is 5.82 Å². The molecule has 2 aromatic rings. The molecule has 1 N–H and O–H groups in total. The second-order valence-corrected chi connectivity index (χ2v) is 9.55. The molecule has 4 rings (SSSR count). The van der Waals surface area contributed by atoms with Crippen LogP contribution < -0.4 is 5.32 Å². The second-order valence-electron chi connectivity index (χ2n) is 7.47. The summed E-state index contributed by atoms with van der Waals surface area (Å²) >= 11 is 0. The molecule has 1 amide bonds. The number of amides is 1. The lowest BCUT2D eigenvalue weighted by atomic mass is 9.77. The zero-order chi connectivity index (χ0) is 19.1. The molecule has 0 saturated heterocycles. The Morgan fingerprint density at radius 1 is 1.04 bits per heavy atom. The molecule has 1 fully saturated rings. The van der Waals surface area contributed by atoms with Crippen molar-refractivity contribution in [3.63, 3.8) is 0 Å². The molecule has 1 unspecified atom stereocenters. The van der Waals surface area contributed by atoms with Crippen molar-refractivity contribution >= 4 is 15.7 Å². The number of sulfone groups is 1. The smallest absolute Gasteiger partial charge is 0.231 e. The van der Waals surface area contributed by atoms with E-state index >= 15 is 0 Å². The van der Waals surface area contributed by atoms with Gasteiger partial charge in [0.05, 0.1) is 22.1 Å². The van der Waals surface area contributed by atoms with Gasteiger partial charge in [0.15, 0.2) is 9.84 Å². The van der Waals surface area contributed by atoms with Crippen LogP contribution in [0.2, 0.25) is 0 Å². The SMILES string of the molecule is O=C(NC1CCS(=O)(=O)c2ccccc21)C1(c2ccc(F)cc2)CCCC1. The van der Waals surface area contributed by atoms with Crippen LogP contribution in [0.3, 0.4) is 0 Å². The normalized spacial score (nSPS) is 22.8. The first-order valence-corrected chi connectivity index (χ1v) is 11.0. The van der Waals surface area contributed by atoms with Crippen molar-refractivity contribution in [1.82, 2.24) is 5.32 Å². The molecule has 1 aliphatic carbocycles. The maximum absolute atomic E-state index is 13.4. The molecule has 1 saturated carbocycles. The van der Waals surface area contributed by atoms with E-state index < -0.39 is 15.3 Å². The van der Waals surface area contributed by atoms with Gasteiger partial charge in [-0.1, -0.05) is 43.2 Å². The van der Waals surface area contributed by atoms with Crippen LogP contribution in [-0.2, 0) is 20.0 Å². The Hall–Kier alpha value is -2.21. The number of hydrogen-bond donors (Lipinski definition) is 1. The van der Waals surface area contributed by atoms with Gasteiger partial charge >= 0.3 is 0 Å². The van der Waals surface area contributed by atoms with Crippen molar-refractivity contribution in [2.75, 3.05) is 5.75 Å². The summed E-state index contributed by atoms with van der Waals surface area (Å²) in [5.41, 5.74) is 0.818. The number of nitrogens with one attached hydrogen (secondary N) is 1. The van der Waals surface area contributed by atoms with Crippen molar-refractivity contribution in [1.29, 1.82) is 0 Å². The lowest BCUT2D eigenvalue weighted by Gasteiger charge is -2.33. The third-order valence-electron chi connectivity index (χ3n) is 5.90. The molecule has 1 aliphatic heterocycles. The maximum atomic E-state index is 13.4. The van der Waals surface area contributed by atoms with Gasteiger partial charge in [-0.25, -0.2) is 12.8 Å². The average Bonchev–Trinajstić information content (AvgIpc) is 3.16. The van der Waals surface area contributed by atoms with Gasteiger partial charge in [0, 0.05) is 0 Å². The van der Waals surface area contributed by atoms with Gasteiger partial charge in [-0.2, -0.15) is 0 Å². The predicted molar refractivity (Wildman–Crippen MR) is 101 cm³/mol. The molecule has 1 heterocycles. The maximum Gasteiger partial charge on any atom is 0.231 e. The van der Waals surface area contributed by atoms with Crippen LogP contribution in [0.1, 0.15) is 49.3 Å². The molecule has 142 valence electrons. The van der Waals surface area contributed by atoms with E-state index in [1.54, 1.807) is 36.4 Å². The summed E-state index contributed by atoms with van der Waals surface area (Å²) in [5.74, 6) is -0.386. The zero-order valence-electron chi connectivity index (χ0n) is 14.9. The van der Waals surface area contributed by atoms with Crippen molar-refractivity contribution in [2.45, 2.75) is 48.5 Å². The summed E-state index contributed by atoms with van der Waals surface area (Å²) in [6.07, 6.45) is 3.69. The lowest BCUT2D eigenvalue weighted by Crippen LogP contribution is -2.45. The number of halogens is 1. The first-order chi connectivity index (χ1) is 12.9. The Bertz CT molecular complexity index is 963. The summed E-state index contributed by atoms with van der Waals surface area (Å²) in [7, 11) is -3.29. The highest BCUT2D eigenvalue weighted by Gasteiger charge is 2.44. The van der Waals surface area contributed by atoms with Gasteiger partial charge in [0.2, 0.25) is 5.91 Å². The van der Waals surface area contributed by atoms with E-state index in [1.807, 2.05) is 0 Å². The van der Waals surface area contributed by atoms with E-state index in [-0.39, 0.29) is 23.5 Å². The number of carbonyl (C=O) groups is 1. The molecule has 0 spiro atoms. The number of fused-ring (bicyclic) bond motifs is 1. The molecule has 0 bridgehead atoms. The number of carbonyl (C=O) groups excluding carboxylic acids is 1. The second kappa shape index (κ2) is 6.75. The monoisotopic (exact) mass is 387 g/mol. The van der Waals surface area contributed by atoms with E-state index in [4.69, 9.17) is 0 Å². The summed E-state index contributed by atoms with van der Waals surface area (Å²) < 4.78 is 38.0. The van der Waals surface area contributed by atoms with E-state index in [0.29, 0.717) is 16.9 Å². The largest absolute Gasteiger partial charge is 0.348 e. The van der Waals surface area contributed by atoms with Crippen molar-refractivity contribution < 1.29 is 17.6 Å². The Kier molecular flexibility index (Phi) is 4.54. The van der Waals surface area contributed by atoms with Crippen molar-refractivity contribution in [3.05, 3.63) is 65.5 Å². The fourth-order valence-electron chi connectivity index (χ4n) is 4.43. The van der Waals surface area contributed by atoms with E-state index in [9.17, 15) is 17.6 Å². The molecule has 27 heavy (non-hydrogen) atoms. The highest BCUT2D eigenvalue weighted by atomic mass is 32.2. The number of hydrogen-bond acceptors (Lipinski definition) is 3. The fourth-order valence-corrected chi connectivity index (χ4v) is 6.05. The Labute approximate surface area is 158 Å². The van der Waals surface area contributed by atoms with E-state index in [0.717, 1.165) is 31.2 Å². The summed E-state index contributed by atoms with van der Waals surface area (Å²) in [6.45, 7) is 0. The highest BCUT2D eigenvalue weighted by molar-refractivity contribution is 7.91. The van der Waals surface area contributed by atoms with E-state index in [2.05, 4.69) is 5.32 Å². The lowest BCUT2D eigenvalue weighted by molar-refractivity contribution is -0.127. The minimum Gasteiger partial charge on any atom is -0.348 e. The molecule has 6 heteroatoms. The van der Waals surface area contributed by atoms with Crippen LogP contribution >= 0.6 is 0 Å². The van der Waals surface area contributed by atoms with Crippen LogP contribution in [-0.4, -0.2) is 20.1 Å². The Morgan fingerprint density at radius 3 is 2.41 bits per heavy atom. The summed E-state index contributed by atoms with van der Waals surface area (Å²) in [5, 5.41) is 3.11. The molecule has 0 aromatic heterocycles. The molecular formula is C21H22FNO3S. The number of benzene rings is 2. The first kappa shape index (κ1) is 18.2. The van der Waals surface area contributed by atoms with Gasteiger partial charge in [-0.05, 0) is 48.6 Å². The zero-order valence-corrected chi connectivity index (χ0v) is 15.8. The van der Waals surface area contributed by atoms with Crippen LogP contribution in [0.5, 0.6) is 0 Å². The van der Waals surface area contributed by atoms with E-state index in [1.165, 1.54) is 12.1 Å². The minimum absolute atomic E-state index is 0.0263. The minimum atomic E-state index is -3.29. The predicted octanol–water partition coefficient (Wildman–Crippen LogP) is 3.67. The third kappa shape index (κ3) is 3.16. The van der Waals surface area contributed by atoms with Crippen LogP contribution in [0.4, 0.5) is 4.39 Å². The van der Waals surface area contributed by atoms with Crippen molar-refractivity contribution in [2.24, 2.45) is 0 Å². The Balaban J connectivity index is 1.66. The van der Waals surface area contributed by atoms with Gasteiger partial charge in [0.25, 0.3) is 0 Å². The number of rotatable bonds is 3. The van der Waals surface area contributed by atoms with Crippen LogP contribution in [0.25, 0.3) is 0 Å². The summed E-state index contributed by atoms with van der Waals surface area (Å²) in [6, 6.07) is 12.7. The highest BCUT2D eigenvalue weighted by Crippen LogP contribution is 2.42. The third-order valence-corrected chi connectivity index (χ3v) is 7.71. The quantitative estimate of drug-likeness (QED) is 0.874. The average molecular weight is 387 g/mol. The molecule has 2 aliphatic rings. The molecule has 1 atom stereocenters. The fraction of sp³-hybridized carbons (Fsp3) is 0.381. The van der Waals surface area contributed by atoms with Crippen molar-refractivity contribution in [3.8, 4) is 0 Å². The summed E-state index contributed by atoms with van der Waals surface area (Å²) in [4.78, 5) is 13.6. The van der Waals surface area contributed by atoms with Gasteiger partial charge in [-0.3, -0.25) is 4.79 Å². The molecule has 2 aromatic carbocycles. The Morgan fingerprint density at radius 2 is 1.70 bits per heavy atom. The molecular weight excluding hydrogens is 365 g/mol. The van der Waals surface area contributed by atoms with Crippen LogP contribution in [0, 0.1) is 5.82 Å². The van der Waals surface area contributed by atoms with Gasteiger partial charge < -0.3 is 5.32 Å². The van der Waals surface area contributed by atoms with Gasteiger partial charge in [-0.15, -0.1) is 0 Å². The first-order valence-electron chi connectivity index (χ1n) is 9.31.